The summed E-state index contributed by atoms with van der Waals surface area (Å²) in [6, 6.07) is 9.59. The van der Waals surface area contributed by atoms with Gasteiger partial charge in [-0.05, 0) is 63.6 Å². The first-order chi connectivity index (χ1) is 26.4. The lowest BCUT2D eigenvalue weighted by molar-refractivity contribution is 0.0992. The fourth-order valence-electron chi connectivity index (χ4n) is 6.11. The van der Waals surface area contributed by atoms with Crippen molar-refractivity contribution in [3.8, 4) is 5.75 Å². The van der Waals surface area contributed by atoms with E-state index in [0.29, 0.717) is 69.2 Å². The van der Waals surface area contributed by atoms with Gasteiger partial charge in [-0.2, -0.15) is 5.10 Å². The zero-order chi connectivity index (χ0) is 39.4. The molecule has 17 nitrogen and oxygen atoms in total. The number of rotatable bonds is 16. The predicted octanol–water partition coefficient (Wildman–Crippen LogP) is 3.96. The molecule has 0 aliphatic heterocycles. The van der Waals surface area contributed by atoms with Gasteiger partial charge in [0, 0.05) is 43.8 Å². The zero-order valence-electron chi connectivity index (χ0n) is 30.8. The highest BCUT2D eigenvalue weighted by Crippen LogP contribution is 2.32. The number of aliphatic hydroxyl groups excluding tert-OH is 1. The zero-order valence-corrected chi connectivity index (χ0v) is 31.6. The maximum absolute atomic E-state index is 13.6. The van der Waals surface area contributed by atoms with Gasteiger partial charge in [0.2, 0.25) is 23.7 Å². The molecule has 0 saturated heterocycles. The van der Waals surface area contributed by atoms with E-state index < -0.39 is 17.7 Å². The first-order valence-corrected chi connectivity index (χ1v) is 18.4. The van der Waals surface area contributed by atoms with Crippen LogP contribution in [0.4, 0.5) is 11.9 Å². The van der Waals surface area contributed by atoms with Crippen molar-refractivity contribution in [1.82, 2.24) is 33.9 Å². The summed E-state index contributed by atoms with van der Waals surface area (Å²) in [4.78, 5) is 65.6. The molecule has 6 aromatic rings. The third-order valence-electron chi connectivity index (χ3n) is 8.66. The lowest BCUT2D eigenvalue weighted by Crippen LogP contribution is -2.19. The second kappa shape index (κ2) is 16.3. The number of aliphatic hydroxyl groups is 1. The summed E-state index contributed by atoms with van der Waals surface area (Å²) in [6.45, 7) is 8.39. The number of aryl methyl sites for hydroxylation is 4. The number of aromatic nitrogens is 7. The number of thiazole rings is 1. The first kappa shape index (κ1) is 38.3. The van der Waals surface area contributed by atoms with Gasteiger partial charge in [-0.3, -0.25) is 34.5 Å². The molecule has 6 rings (SSSR count). The predicted molar refractivity (Wildman–Crippen MR) is 208 cm³/mol. The summed E-state index contributed by atoms with van der Waals surface area (Å²) >= 11 is 1.28. The monoisotopic (exact) mass is 767 g/mol. The van der Waals surface area contributed by atoms with Crippen molar-refractivity contribution in [3.05, 3.63) is 86.6 Å². The van der Waals surface area contributed by atoms with E-state index in [1.165, 1.54) is 23.5 Å². The SMILES string of the molecule is CCc1nc(C)sc1C(=O)Nc1nc2cc(C(N)=O)cc(OCCCO)c2n1C/C=C/Cn1c(NC(=O)c2cc(C)nn2CC)nc2cc(C(N)=O)ccc21. The topological polar surface area (TPSA) is 240 Å². The van der Waals surface area contributed by atoms with Crippen LogP contribution in [0.5, 0.6) is 5.75 Å². The lowest BCUT2D eigenvalue weighted by atomic mass is 10.1. The number of hydrogen-bond donors (Lipinski definition) is 5. The van der Waals surface area contributed by atoms with Crippen molar-refractivity contribution in [2.45, 2.75) is 60.2 Å². The molecule has 0 bridgehead atoms. The van der Waals surface area contributed by atoms with E-state index in [4.69, 9.17) is 21.2 Å². The van der Waals surface area contributed by atoms with E-state index in [1.807, 2.05) is 32.9 Å². The number of nitrogens with one attached hydrogen (secondary N) is 2. The summed E-state index contributed by atoms with van der Waals surface area (Å²) in [7, 11) is 0. The number of carbonyl (C=O) groups is 4. The van der Waals surface area contributed by atoms with E-state index >= 15 is 0 Å². The Balaban J connectivity index is 1.38. The molecule has 7 N–H and O–H groups in total. The van der Waals surface area contributed by atoms with Crippen LogP contribution in [0.1, 0.15) is 77.5 Å². The van der Waals surface area contributed by atoms with Gasteiger partial charge < -0.3 is 30.4 Å². The summed E-state index contributed by atoms with van der Waals surface area (Å²) in [5.74, 6) is -1.38. The average molecular weight is 768 g/mol. The molecule has 2 aromatic carbocycles. The van der Waals surface area contributed by atoms with Gasteiger partial charge >= 0.3 is 0 Å². The number of ether oxygens (including phenoxy) is 1. The summed E-state index contributed by atoms with van der Waals surface area (Å²) in [5, 5.41) is 20.4. The van der Waals surface area contributed by atoms with Gasteiger partial charge in [-0.25, -0.2) is 15.0 Å². The number of amides is 4. The van der Waals surface area contributed by atoms with Crippen molar-refractivity contribution in [1.29, 1.82) is 0 Å². The number of primary amides is 2. The highest BCUT2D eigenvalue weighted by molar-refractivity contribution is 7.13. The van der Waals surface area contributed by atoms with Crippen LogP contribution in [0.15, 0.2) is 48.6 Å². The quantitative estimate of drug-likeness (QED) is 0.0702. The van der Waals surface area contributed by atoms with Crippen LogP contribution in [0, 0.1) is 13.8 Å². The molecule has 18 heteroatoms. The molecule has 286 valence electrons. The molecule has 4 heterocycles. The second-order valence-electron chi connectivity index (χ2n) is 12.5. The van der Waals surface area contributed by atoms with Crippen molar-refractivity contribution in [2.75, 3.05) is 23.8 Å². The van der Waals surface area contributed by atoms with Crippen molar-refractivity contribution in [3.63, 3.8) is 0 Å². The third-order valence-corrected chi connectivity index (χ3v) is 9.67. The summed E-state index contributed by atoms with van der Waals surface area (Å²) < 4.78 is 11.1. The molecule has 0 saturated carbocycles. The van der Waals surface area contributed by atoms with Crippen LogP contribution in [-0.4, -0.2) is 75.8 Å². The molecule has 0 radical (unpaired) electrons. The van der Waals surface area contributed by atoms with E-state index in [9.17, 15) is 24.3 Å². The van der Waals surface area contributed by atoms with Gasteiger partial charge in [0.05, 0.1) is 39.6 Å². The Morgan fingerprint density at radius 3 is 2.24 bits per heavy atom. The molecule has 0 aliphatic carbocycles. The number of hydrogen-bond acceptors (Lipinski definition) is 11. The summed E-state index contributed by atoms with van der Waals surface area (Å²) in [5.41, 5.74) is 15.3. The number of nitrogens with two attached hydrogens (primary N) is 2. The van der Waals surface area contributed by atoms with Gasteiger partial charge in [0.1, 0.15) is 21.8 Å². The molecular formula is C37H41N11O6S. The van der Waals surface area contributed by atoms with Gasteiger partial charge in [-0.15, -0.1) is 11.3 Å². The van der Waals surface area contributed by atoms with E-state index in [1.54, 1.807) is 45.0 Å². The lowest BCUT2D eigenvalue weighted by Gasteiger charge is -2.13. The molecular weight excluding hydrogens is 727 g/mol. The van der Waals surface area contributed by atoms with Crippen LogP contribution >= 0.6 is 11.3 Å². The van der Waals surface area contributed by atoms with E-state index in [0.717, 1.165) is 5.01 Å². The average Bonchev–Trinajstić information content (AvgIpc) is 3.92. The number of anilines is 2. The van der Waals surface area contributed by atoms with Crippen molar-refractivity contribution < 1.29 is 29.0 Å². The Bertz CT molecular complexity index is 2470. The number of carbonyl (C=O) groups excluding carboxylic acids is 4. The molecule has 55 heavy (non-hydrogen) atoms. The third kappa shape index (κ3) is 8.09. The Hall–Kier alpha value is -6.40. The van der Waals surface area contributed by atoms with Gasteiger partial charge in [0.25, 0.3) is 11.8 Å². The molecule has 0 spiro atoms. The van der Waals surface area contributed by atoms with Crippen LogP contribution in [-0.2, 0) is 26.1 Å². The Labute approximate surface area is 319 Å². The minimum absolute atomic E-state index is 0.104. The van der Waals surface area contributed by atoms with Crippen LogP contribution < -0.4 is 26.8 Å². The van der Waals surface area contributed by atoms with Gasteiger partial charge in [0.15, 0.2) is 0 Å². The number of nitrogens with zero attached hydrogens (tertiary/aromatic N) is 7. The standard InChI is InChI=1S/C37H41N11O6S/c1-5-24-31(55-21(4)40-24)35(53)44-37-42-26-18-23(33(39)51)19-29(54-15-9-14-49)30(26)47(37)13-8-7-12-46-27-11-10-22(32(38)50)17-25(27)41-36(46)43-34(52)28-16-20(3)45-48(28)6-2/h7-8,10-11,16-19,49H,5-6,9,12-15H2,1-4H3,(H2,38,50)(H2,39,51)(H,41,43,52)(H,42,44,53)/b8-7+. The fourth-order valence-corrected chi connectivity index (χ4v) is 7.01. The van der Waals surface area contributed by atoms with Crippen LogP contribution in [0.2, 0.25) is 0 Å². The Morgan fingerprint density at radius 2 is 1.55 bits per heavy atom. The number of imidazole rings is 2. The molecule has 4 aromatic heterocycles. The minimum Gasteiger partial charge on any atom is -0.491 e. The highest BCUT2D eigenvalue weighted by Gasteiger charge is 2.23. The number of fused-ring (bicyclic) bond motifs is 2. The smallest absolute Gasteiger partial charge is 0.276 e. The molecule has 0 unspecified atom stereocenters. The summed E-state index contributed by atoms with van der Waals surface area (Å²) in [6.07, 6.45) is 4.59. The molecule has 0 aliphatic rings. The molecule has 4 amide bonds. The highest BCUT2D eigenvalue weighted by atomic mass is 32.1. The van der Waals surface area contributed by atoms with Crippen molar-refractivity contribution >= 4 is 68.9 Å². The van der Waals surface area contributed by atoms with Gasteiger partial charge in [-0.1, -0.05) is 19.1 Å². The second-order valence-corrected chi connectivity index (χ2v) is 13.7. The minimum atomic E-state index is -0.686. The maximum atomic E-state index is 13.6. The van der Waals surface area contributed by atoms with E-state index in [2.05, 4.69) is 25.7 Å². The number of benzene rings is 2. The van der Waals surface area contributed by atoms with E-state index in [-0.39, 0.29) is 55.2 Å². The molecule has 0 atom stereocenters. The van der Waals surface area contributed by atoms with Crippen molar-refractivity contribution in [2.24, 2.45) is 11.5 Å². The molecule has 0 fully saturated rings. The fraction of sp³-hybridized carbons (Fsp3) is 0.297. The number of allylic oxidation sites excluding steroid dienone is 2. The maximum Gasteiger partial charge on any atom is 0.276 e. The first-order valence-electron chi connectivity index (χ1n) is 17.6. The largest absolute Gasteiger partial charge is 0.491 e. The van der Waals surface area contributed by atoms with Crippen LogP contribution in [0.25, 0.3) is 22.1 Å². The van der Waals surface area contributed by atoms with Crippen LogP contribution in [0.3, 0.4) is 0 Å². The normalized spacial score (nSPS) is 11.5. The Kier molecular flexibility index (Phi) is 11.4. The Morgan fingerprint density at radius 1 is 0.873 bits per heavy atom.